The first-order valence-corrected chi connectivity index (χ1v) is 5.34. The van der Waals surface area contributed by atoms with Gasteiger partial charge in [-0.2, -0.15) is 0 Å². The highest BCUT2D eigenvalue weighted by molar-refractivity contribution is 7.53. The van der Waals surface area contributed by atoms with E-state index in [0.29, 0.717) is 5.76 Å². The second-order valence-corrected chi connectivity index (χ2v) is 5.71. The largest absolute Gasteiger partial charge is 0.422 e. The molecule has 0 aromatic carbocycles. The summed E-state index contributed by atoms with van der Waals surface area (Å²) >= 11 is 0. The monoisotopic (exact) mass is 204 g/mol. The molecule has 76 valence electrons. The SMILES string of the molecule is C=CC(=C)OP(=O)(N(C)C)N(C)C. The summed E-state index contributed by atoms with van der Waals surface area (Å²) in [4.78, 5) is 0. The van der Waals surface area contributed by atoms with E-state index >= 15 is 0 Å². The lowest BCUT2D eigenvalue weighted by molar-refractivity contribution is 0.312. The van der Waals surface area contributed by atoms with Crippen LogP contribution in [0.25, 0.3) is 0 Å². The molecule has 0 unspecified atom stereocenters. The van der Waals surface area contributed by atoms with Crippen LogP contribution in [0.3, 0.4) is 0 Å². The second-order valence-electron chi connectivity index (χ2n) is 2.95. The van der Waals surface area contributed by atoms with Crippen LogP contribution in [0.1, 0.15) is 0 Å². The number of allylic oxidation sites excluding steroid dienone is 1. The summed E-state index contributed by atoms with van der Waals surface area (Å²) in [6.07, 6.45) is 1.43. The van der Waals surface area contributed by atoms with E-state index in [1.54, 1.807) is 28.2 Å². The minimum Gasteiger partial charge on any atom is -0.422 e. The van der Waals surface area contributed by atoms with E-state index in [1.807, 2.05) is 0 Å². The van der Waals surface area contributed by atoms with Crippen molar-refractivity contribution in [3.05, 3.63) is 25.0 Å². The Morgan fingerprint density at radius 2 is 1.69 bits per heavy atom. The molecule has 4 nitrogen and oxygen atoms in total. The van der Waals surface area contributed by atoms with Crippen molar-refractivity contribution in [2.45, 2.75) is 0 Å². The van der Waals surface area contributed by atoms with Crippen LogP contribution in [0.2, 0.25) is 0 Å². The summed E-state index contributed by atoms with van der Waals surface area (Å²) in [5.74, 6) is 0.311. The van der Waals surface area contributed by atoms with Gasteiger partial charge in [0.25, 0.3) is 0 Å². The minimum absolute atomic E-state index is 0.311. The van der Waals surface area contributed by atoms with Crippen LogP contribution >= 0.6 is 7.67 Å². The maximum atomic E-state index is 12.1. The van der Waals surface area contributed by atoms with Crippen molar-refractivity contribution in [3.63, 3.8) is 0 Å². The Morgan fingerprint density at radius 1 is 1.31 bits per heavy atom. The standard InChI is InChI=1S/C8H17N2O2P/c1-7-8(2)12-13(11,9(3)4)10(5)6/h7H,1-2H2,3-6H3. The highest BCUT2D eigenvalue weighted by atomic mass is 31.2. The van der Waals surface area contributed by atoms with E-state index in [1.165, 1.54) is 15.4 Å². The molecular weight excluding hydrogens is 187 g/mol. The first-order valence-electron chi connectivity index (χ1n) is 3.81. The first-order chi connectivity index (χ1) is 5.84. The molecule has 0 aliphatic carbocycles. The summed E-state index contributed by atoms with van der Waals surface area (Å²) in [5.41, 5.74) is 0. The zero-order valence-corrected chi connectivity index (χ0v) is 9.54. The van der Waals surface area contributed by atoms with Crippen LogP contribution in [0.15, 0.2) is 25.0 Å². The lowest BCUT2D eigenvalue weighted by Gasteiger charge is -2.29. The molecule has 5 heteroatoms. The zero-order chi connectivity index (χ0) is 10.6. The van der Waals surface area contributed by atoms with E-state index in [0.717, 1.165) is 0 Å². The first kappa shape index (κ1) is 12.4. The van der Waals surface area contributed by atoms with Gasteiger partial charge in [0.2, 0.25) is 0 Å². The molecule has 0 atom stereocenters. The number of nitrogens with zero attached hydrogens (tertiary/aromatic N) is 2. The molecule has 0 aromatic heterocycles. The molecule has 13 heavy (non-hydrogen) atoms. The zero-order valence-electron chi connectivity index (χ0n) is 8.65. The molecule has 0 spiro atoms. The molecule has 0 aromatic rings. The summed E-state index contributed by atoms with van der Waals surface area (Å²) in [5, 5.41) is 0. The van der Waals surface area contributed by atoms with Crippen molar-refractivity contribution in [2.24, 2.45) is 0 Å². The van der Waals surface area contributed by atoms with Crippen molar-refractivity contribution in [2.75, 3.05) is 28.2 Å². The average molecular weight is 204 g/mol. The van der Waals surface area contributed by atoms with Gasteiger partial charge in [0.1, 0.15) is 5.76 Å². The van der Waals surface area contributed by atoms with Gasteiger partial charge in [-0.05, 0) is 34.3 Å². The molecule has 0 saturated carbocycles. The molecule has 0 N–H and O–H groups in total. The molecule has 0 rings (SSSR count). The topological polar surface area (TPSA) is 32.8 Å². The second kappa shape index (κ2) is 4.61. The minimum atomic E-state index is -2.94. The highest BCUT2D eigenvalue weighted by Crippen LogP contribution is 2.52. The quantitative estimate of drug-likeness (QED) is 0.389. The molecular formula is C8H17N2O2P. The Kier molecular flexibility index (Phi) is 4.40. The molecule has 0 aliphatic rings. The van der Waals surface area contributed by atoms with Gasteiger partial charge in [-0.15, -0.1) is 0 Å². The third kappa shape index (κ3) is 2.99. The van der Waals surface area contributed by atoms with E-state index in [9.17, 15) is 4.57 Å². The Labute approximate surface area is 80.0 Å². The van der Waals surface area contributed by atoms with Crippen LogP contribution in [0.5, 0.6) is 0 Å². The van der Waals surface area contributed by atoms with Gasteiger partial charge in [0.15, 0.2) is 0 Å². The molecule has 0 aliphatic heterocycles. The number of hydrogen-bond donors (Lipinski definition) is 0. The Hall–Kier alpha value is -0.570. The fourth-order valence-electron chi connectivity index (χ4n) is 0.711. The smallest absolute Gasteiger partial charge is 0.394 e. The Morgan fingerprint density at radius 3 is 1.92 bits per heavy atom. The summed E-state index contributed by atoms with van der Waals surface area (Å²) in [6.45, 7) is 7.04. The number of hydrogen-bond acceptors (Lipinski definition) is 2. The summed E-state index contributed by atoms with van der Waals surface area (Å²) < 4.78 is 20.4. The fraction of sp³-hybridized carbons (Fsp3) is 0.500. The predicted octanol–water partition coefficient (Wildman–Crippen LogP) is 1.93. The fourth-order valence-corrected chi connectivity index (χ4v) is 2.13. The van der Waals surface area contributed by atoms with Crippen LogP contribution in [-0.4, -0.2) is 37.5 Å². The third-order valence-corrected chi connectivity index (χ3v) is 3.97. The average Bonchev–Trinajstić information content (AvgIpc) is 2.03. The van der Waals surface area contributed by atoms with Crippen LogP contribution < -0.4 is 0 Å². The van der Waals surface area contributed by atoms with Crippen molar-refractivity contribution >= 4 is 7.67 Å². The van der Waals surface area contributed by atoms with Gasteiger partial charge in [0.05, 0.1) is 0 Å². The summed E-state index contributed by atoms with van der Waals surface area (Å²) in [7, 11) is 3.83. The number of rotatable bonds is 5. The van der Waals surface area contributed by atoms with Gasteiger partial charge in [-0.3, -0.25) is 0 Å². The normalized spacial score (nSPS) is 11.8. The maximum absolute atomic E-state index is 12.1. The highest BCUT2D eigenvalue weighted by Gasteiger charge is 2.30. The van der Waals surface area contributed by atoms with Crippen molar-refractivity contribution in [3.8, 4) is 0 Å². The Bertz CT molecular complexity index is 237. The summed E-state index contributed by atoms with van der Waals surface area (Å²) in [6, 6.07) is 0. The van der Waals surface area contributed by atoms with E-state index in [-0.39, 0.29) is 0 Å². The molecule has 0 amide bonds. The van der Waals surface area contributed by atoms with Crippen LogP contribution in [0.4, 0.5) is 0 Å². The van der Waals surface area contributed by atoms with Gasteiger partial charge in [-0.25, -0.2) is 13.9 Å². The maximum Gasteiger partial charge on any atom is 0.394 e. The molecule has 0 heterocycles. The van der Waals surface area contributed by atoms with E-state index in [2.05, 4.69) is 13.2 Å². The molecule has 0 bridgehead atoms. The van der Waals surface area contributed by atoms with Crippen molar-refractivity contribution in [1.82, 2.24) is 9.34 Å². The van der Waals surface area contributed by atoms with Gasteiger partial charge >= 0.3 is 7.67 Å². The Balaban J connectivity index is 4.72. The van der Waals surface area contributed by atoms with Gasteiger partial charge in [0, 0.05) is 0 Å². The van der Waals surface area contributed by atoms with Crippen LogP contribution in [0, 0.1) is 0 Å². The van der Waals surface area contributed by atoms with Crippen LogP contribution in [-0.2, 0) is 9.09 Å². The van der Waals surface area contributed by atoms with Gasteiger partial charge < -0.3 is 4.52 Å². The van der Waals surface area contributed by atoms with Crippen molar-refractivity contribution in [1.29, 1.82) is 0 Å². The molecule has 0 saturated heterocycles. The molecule has 0 fully saturated rings. The predicted molar refractivity (Wildman–Crippen MR) is 55.4 cm³/mol. The van der Waals surface area contributed by atoms with Gasteiger partial charge in [-0.1, -0.05) is 13.2 Å². The van der Waals surface area contributed by atoms with E-state index < -0.39 is 7.67 Å². The molecule has 0 radical (unpaired) electrons. The third-order valence-electron chi connectivity index (χ3n) is 1.47. The lowest BCUT2D eigenvalue weighted by atomic mass is 10.6. The lowest BCUT2D eigenvalue weighted by Crippen LogP contribution is -2.22. The van der Waals surface area contributed by atoms with Crippen molar-refractivity contribution < 1.29 is 9.09 Å². The van der Waals surface area contributed by atoms with E-state index in [4.69, 9.17) is 4.52 Å².